The SMILES string of the molecule is NC(=O)[C@H](CC=Cc1ccccc1)NC(=O)c1cccc2[nH]c(-c3ccncc3)nc12. The van der Waals surface area contributed by atoms with Crippen LogP contribution in [-0.4, -0.2) is 32.8 Å². The number of amides is 2. The molecule has 31 heavy (non-hydrogen) atoms. The molecule has 2 amide bonds. The Morgan fingerprint density at radius 2 is 1.81 bits per heavy atom. The first kappa shape index (κ1) is 20.0. The number of nitrogens with one attached hydrogen (secondary N) is 2. The highest BCUT2D eigenvalue weighted by Gasteiger charge is 2.20. The van der Waals surface area contributed by atoms with Crippen molar-refractivity contribution < 1.29 is 9.59 Å². The molecule has 1 atom stereocenters. The van der Waals surface area contributed by atoms with Crippen molar-refractivity contribution in [1.29, 1.82) is 0 Å². The number of primary amides is 1. The molecule has 0 bridgehead atoms. The van der Waals surface area contributed by atoms with Crippen LogP contribution in [0.25, 0.3) is 28.5 Å². The number of nitrogens with two attached hydrogens (primary N) is 1. The van der Waals surface area contributed by atoms with Crippen LogP contribution in [0.5, 0.6) is 0 Å². The molecule has 0 aliphatic heterocycles. The van der Waals surface area contributed by atoms with Crippen molar-refractivity contribution in [3.05, 3.63) is 90.3 Å². The maximum atomic E-state index is 12.9. The summed E-state index contributed by atoms with van der Waals surface area (Å²) in [6.07, 6.45) is 7.35. The van der Waals surface area contributed by atoms with E-state index >= 15 is 0 Å². The van der Waals surface area contributed by atoms with Crippen molar-refractivity contribution in [3.63, 3.8) is 0 Å². The van der Waals surface area contributed by atoms with Gasteiger partial charge >= 0.3 is 0 Å². The number of carbonyl (C=O) groups excluding carboxylic acids is 2. The number of imidazole rings is 1. The molecule has 154 valence electrons. The van der Waals surface area contributed by atoms with Crippen LogP contribution in [0.3, 0.4) is 0 Å². The molecule has 7 nitrogen and oxygen atoms in total. The summed E-state index contributed by atoms with van der Waals surface area (Å²) in [4.78, 5) is 36.7. The molecule has 0 saturated carbocycles. The van der Waals surface area contributed by atoms with Crippen LogP contribution in [0.4, 0.5) is 0 Å². The van der Waals surface area contributed by atoms with Gasteiger partial charge in [0.05, 0.1) is 11.1 Å². The number of hydrogen-bond donors (Lipinski definition) is 3. The number of benzene rings is 2. The fraction of sp³-hybridized carbons (Fsp3) is 0.0833. The highest BCUT2D eigenvalue weighted by Crippen LogP contribution is 2.22. The number of aromatic amines is 1. The third-order valence-corrected chi connectivity index (χ3v) is 4.84. The lowest BCUT2D eigenvalue weighted by Crippen LogP contribution is -2.44. The monoisotopic (exact) mass is 411 g/mol. The minimum Gasteiger partial charge on any atom is -0.368 e. The highest BCUT2D eigenvalue weighted by atomic mass is 16.2. The molecule has 2 aromatic heterocycles. The predicted molar refractivity (Wildman–Crippen MR) is 120 cm³/mol. The number of carbonyl (C=O) groups is 2. The fourth-order valence-electron chi connectivity index (χ4n) is 3.25. The quantitative estimate of drug-likeness (QED) is 0.433. The summed E-state index contributed by atoms with van der Waals surface area (Å²) in [5.41, 5.74) is 8.99. The first-order chi connectivity index (χ1) is 15.1. The lowest BCUT2D eigenvalue weighted by atomic mass is 10.1. The molecule has 2 aromatic carbocycles. The lowest BCUT2D eigenvalue weighted by Gasteiger charge is -2.14. The van der Waals surface area contributed by atoms with E-state index in [0.717, 1.165) is 16.6 Å². The number of hydrogen-bond acceptors (Lipinski definition) is 4. The number of rotatable bonds is 7. The average Bonchev–Trinajstić information content (AvgIpc) is 3.24. The Morgan fingerprint density at radius 3 is 2.55 bits per heavy atom. The third kappa shape index (κ3) is 4.67. The Labute approximate surface area is 179 Å². The van der Waals surface area contributed by atoms with Gasteiger partial charge in [-0.25, -0.2) is 4.98 Å². The van der Waals surface area contributed by atoms with Gasteiger partial charge in [0, 0.05) is 18.0 Å². The second-order valence-corrected chi connectivity index (χ2v) is 7.00. The van der Waals surface area contributed by atoms with Gasteiger partial charge in [0.1, 0.15) is 17.4 Å². The van der Waals surface area contributed by atoms with Gasteiger partial charge in [0.15, 0.2) is 0 Å². The Bertz CT molecular complexity index is 1230. The fourth-order valence-corrected chi connectivity index (χ4v) is 3.25. The lowest BCUT2D eigenvalue weighted by molar-refractivity contribution is -0.119. The molecule has 0 saturated heterocycles. The molecule has 0 aliphatic carbocycles. The zero-order chi connectivity index (χ0) is 21.6. The molecule has 0 aliphatic rings. The Morgan fingerprint density at radius 1 is 1.03 bits per heavy atom. The summed E-state index contributed by atoms with van der Waals surface area (Å²) in [6.45, 7) is 0. The standard InChI is InChI=1S/C24H21N5O2/c25-22(30)20(11-4-8-16-6-2-1-3-7-16)28-24(31)18-9-5-10-19-21(18)29-23(27-19)17-12-14-26-15-13-17/h1-10,12-15,20H,11H2,(H2,25,30)(H,27,29)(H,28,31)/t20-/m0/s1. The van der Waals surface area contributed by atoms with E-state index in [4.69, 9.17) is 5.73 Å². The number of H-pyrrole nitrogens is 1. The van der Waals surface area contributed by atoms with Crippen LogP contribution in [0.1, 0.15) is 22.3 Å². The minimum absolute atomic E-state index is 0.286. The third-order valence-electron chi connectivity index (χ3n) is 4.84. The number of para-hydroxylation sites is 1. The van der Waals surface area contributed by atoms with E-state index in [1.807, 2.05) is 60.7 Å². The van der Waals surface area contributed by atoms with E-state index < -0.39 is 17.9 Å². The van der Waals surface area contributed by atoms with E-state index in [1.165, 1.54) is 0 Å². The molecule has 0 radical (unpaired) electrons. The van der Waals surface area contributed by atoms with Crippen LogP contribution in [0, 0.1) is 0 Å². The summed E-state index contributed by atoms with van der Waals surface area (Å²) in [6, 6.07) is 17.8. The second-order valence-electron chi connectivity index (χ2n) is 7.00. The van der Waals surface area contributed by atoms with Gasteiger partial charge in [-0.15, -0.1) is 0 Å². The molecule has 4 aromatic rings. The van der Waals surface area contributed by atoms with Gasteiger partial charge in [0.25, 0.3) is 5.91 Å². The van der Waals surface area contributed by atoms with Gasteiger partial charge in [-0.3, -0.25) is 14.6 Å². The van der Waals surface area contributed by atoms with Crippen LogP contribution < -0.4 is 11.1 Å². The first-order valence-corrected chi connectivity index (χ1v) is 9.83. The van der Waals surface area contributed by atoms with Crippen molar-refractivity contribution in [1.82, 2.24) is 20.3 Å². The van der Waals surface area contributed by atoms with E-state index in [2.05, 4.69) is 20.3 Å². The molecule has 7 heteroatoms. The van der Waals surface area contributed by atoms with Gasteiger partial charge in [-0.05, 0) is 36.2 Å². The molecule has 2 heterocycles. The molecule has 0 unspecified atom stereocenters. The maximum absolute atomic E-state index is 12.9. The van der Waals surface area contributed by atoms with E-state index in [1.54, 1.807) is 24.5 Å². The normalized spacial score (nSPS) is 12.1. The summed E-state index contributed by atoms with van der Waals surface area (Å²) >= 11 is 0. The summed E-state index contributed by atoms with van der Waals surface area (Å²) in [5, 5.41) is 2.73. The maximum Gasteiger partial charge on any atom is 0.254 e. The predicted octanol–water partition coefficient (Wildman–Crippen LogP) is 3.31. The smallest absolute Gasteiger partial charge is 0.254 e. The number of aromatic nitrogens is 3. The van der Waals surface area contributed by atoms with E-state index in [9.17, 15) is 9.59 Å². The summed E-state index contributed by atoms with van der Waals surface area (Å²) in [7, 11) is 0. The summed E-state index contributed by atoms with van der Waals surface area (Å²) in [5.74, 6) is -0.372. The van der Waals surface area contributed by atoms with Crippen molar-refractivity contribution in [2.24, 2.45) is 5.73 Å². The topological polar surface area (TPSA) is 114 Å². The zero-order valence-corrected chi connectivity index (χ0v) is 16.7. The van der Waals surface area contributed by atoms with Crippen LogP contribution in [-0.2, 0) is 4.79 Å². The number of fused-ring (bicyclic) bond motifs is 1. The van der Waals surface area contributed by atoms with Crippen molar-refractivity contribution >= 4 is 28.9 Å². The van der Waals surface area contributed by atoms with Crippen molar-refractivity contribution in [2.45, 2.75) is 12.5 Å². The zero-order valence-electron chi connectivity index (χ0n) is 16.7. The molecule has 4 N–H and O–H groups in total. The molecule has 0 spiro atoms. The largest absolute Gasteiger partial charge is 0.368 e. The van der Waals surface area contributed by atoms with Crippen molar-refractivity contribution in [3.8, 4) is 11.4 Å². The van der Waals surface area contributed by atoms with E-state index in [-0.39, 0.29) is 6.42 Å². The van der Waals surface area contributed by atoms with Gasteiger partial charge in [-0.2, -0.15) is 0 Å². The average molecular weight is 411 g/mol. The number of pyridine rings is 1. The van der Waals surface area contributed by atoms with Crippen LogP contribution in [0.15, 0.2) is 79.1 Å². The molecular weight excluding hydrogens is 390 g/mol. The van der Waals surface area contributed by atoms with Gasteiger partial charge < -0.3 is 16.0 Å². The second kappa shape index (κ2) is 9.04. The van der Waals surface area contributed by atoms with Crippen LogP contribution >= 0.6 is 0 Å². The Hall–Kier alpha value is -4.26. The Balaban J connectivity index is 1.54. The highest BCUT2D eigenvalue weighted by molar-refractivity contribution is 6.06. The van der Waals surface area contributed by atoms with E-state index in [0.29, 0.717) is 16.9 Å². The van der Waals surface area contributed by atoms with Crippen molar-refractivity contribution in [2.75, 3.05) is 0 Å². The van der Waals surface area contributed by atoms with Gasteiger partial charge in [-0.1, -0.05) is 48.6 Å². The number of nitrogens with zero attached hydrogens (tertiary/aromatic N) is 2. The Kier molecular flexibility index (Phi) is 5.84. The first-order valence-electron chi connectivity index (χ1n) is 9.83. The van der Waals surface area contributed by atoms with Crippen LogP contribution in [0.2, 0.25) is 0 Å². The molecule has 4 rings (SSSR count). The summed E-state index contributed by atoms with van der Waals surface area (Å²) < 4.78 is 0. The minimum atomic E-state index is -0.832. The van der Waals surface area contributed by atoms with Gasteiger partial charge in [0.2, 0.25) is 5.91 Å². The molecule has 0 fully saturated rings. The molecular formula is C24H21N5O2.